The van der Waals surface area contributed by atoms with E-state index in [4.69, 9.17) is 4.74 Å². The molecule has 0 unspecified atom stereocenters. The van der Waals surface area contributed by atoms with E-state index in [0.717, 1.165) is 38.5 Å². The standard InChI is InChI=1S/C14H26O2/c1-5-8-10-13(11-9-6-2)16-14(15)12(4)7-3/h7,13H,5-6,8-11H2,1-4H3. The van der Waals surface area contributed by atoms with E-state index in [1.165, 1.54) is 0 Å². The molecule has 0 bridgehead atoms. The quantitative estimate of drug-likeness (QED) is 0.457. The number of esters is 1. The summed E-state index contributed by atoms with van der Waals surface area (Å²) in [6.45, 7) is 7.99. The fraction of sp³-hybridized carbons (Fsp3) is 0.786. The molecular formula is C14H26O2. The van der Waals surface area contributed by atoms with Gasteiger partial charge in [-0.25, -0.2) is 4.79 Å². The first-order chi connectivity index (χ1) is 7.65. The van der Waals surface area contributed by atoms with Gasteiger partial charge in [0.25, 0.3) is 0 Å². The Morgan fingerprint density at radius 3 is 2.06 bits per heavy atom. The van der Waals surface area contributed by atoms with Crippen LogP contribution in [0.1, 0.15) is 66.2 Å². The predicted molar refractivity (Wildman–Crippen MR) is 68.4 cm³/mol. The number of rotatable bonds is 8. The molecule has 2 heteroatoms. The van der Waals surface area contributed by atoms with Crippen molar-refractivity contribution in [1.82, 2.24) is 0 Å². The van der Waals surface area contributed by atoms with Crippen LogP contribution in [0.2, 0.25) is 0 Å². The molecule has 0 amide bonds. The van der Waals surface area contributed by atoms with Gasteiger partial charge in [0.05, 0.1) is 0 Å². The molecule has 0 saturated carbocycles. The van der Waals surface area contributed by atoms with Crippen LogP contribution in [-0.2, 0) is 9.53 Å². The van der Waals surface area contributed by atoms with Gasteiger partial charge in [-0.05, 0) is 26.7 Å². The van der Waals surface area contributed by atoms with Crippen LogP contribution in [0.3, 0.4) is 0 Å². The second-order valence-corrected chi connectivity index (χ2v) is 4.28. The molecule has 0 aliphatic heterocycles. The first kappa shape index (κ1) is 15.2. The van der Waals surface area contributed by atoms with Crippen LogP contribution in [0.4, 0.5) is 0 Å². The maximum atomic E-state index is 11.6. The van der Waals surface area contributed by atoms with Gasteiger partial charge in [-0.2, -0.15) is 0 Å². The van der Waals surface area contributed by atoms with Crippen LogP contribution >= 0.6 is 0 Å². The molecule has 0 fully saturated rings. The van der Waals surface area contributed by atoms with E-state index in [2.05, 4.69) is 13.8 Å². The zero-order valence-corrected chi connectivity index (χ0v) is 11.2. The van der Waals surface area contributed by atoms with Crippen molar-refractivity contribution in [2.45, 2.75) is 72.3 Å². The number of carbonyl (C=O) groups is 1. The van der Waals surface area contributed by atoms with Crippen LogP contribution in [0.5, 0.6) is 0 Å². The first-order valence-corrected chi connectivity index (χ1v) is 6.49. The number of hydrogen-bond donors (Lipinski definition) is 0. The summed E-state index contributed by atoms with van der Waals surface area (Å²) in [4.78, 5) is 11.6. The minimum absolute atomic E-state index is 0.113. The van der Waals surface area contributed by atoms with Gasteiger partial charge >= 0.3 is 5.97 Å². The fourth-order valence-corrected chi connectivity index (χ4v) is 1.49. The van der Waals surface area contributed by atoms with E-state index in [9.17, 15) is 4.79 Å². The highest BCUT2D eigenvalue weighted by Crippen LogP contribution is 2.14. The minimum atomic E-state index is -0.153. The van der Waals surface area contributed by atoms with Crippen molar-refractivity contribution in [3.63, 3.8) is 0 Å². The number of ether oxygens (including phenoxy) is 1. The molecule has 0 aliphatic carbocycles. The van der Waals surface area contributed by atoms with Crippen molar-refractivity contribution in [2.75, 3.05) is 0 Å². The maximum absolute atomic E-state index is 11.6. The summed E-state index contributed by atoms with van der Waals surface area (Å²) >= 11 is 0. The van der Waals surface area contributed by atoms with Gasteiger partial charge in [0.2, 0.25) is 0 Å². The smallest absolute Gasteiger partial charge is 0.333 e. The molecule has 0 aromatic rings. The third kappa shape index (κ3) is 6.65. The Morgan fingerprint density at radius 2 is 1.69 bits per heavy atom. The van der Waals surface area contributed by atoms with Gasteiger partial charge in [0, 0.05) is 5.57 Å². The molecule has 0 N–H and O–H groups in total. The second-order valence-electron chi connectivity index (χ2n) is 4.28. The van der Waals surface area contributed by atoms with Crippen molar-refractivity contribution in [1.29, 1.82) is 0 Å². The average Bonchev–Trinajstić information content (AvgIpc) is 2.31. The van der Waals surface area contributed by atoms with Crippen LogP contribution in [-0.4, -0.2) is 12.1 Å². The lowest BCUT2D eigenvalue weighted by atomic mass is 10.1. The molecule has 0 aromatic heterocycles. The topological polar surface area (TPSA) is 26.3 Å². The highest BCUT2D eigenvalue weighted by molar-refractivity contribution is 5.87. The zero-order valence-electron chi connectivity index (χ0n) is 11.2. The van der Waals surface area contributed by atoms with Crippen molar-refractivity contribution in [2.24, 2.45) is 0 Å². The fourth-order valence-electron chi connectivity index (χ4n) is 1.49. The van der Waals surface area contributed by atoms with Crippen molar-refractivity contribution in [3.05, 3.63) is 11.6 Å². The van der Waals surface area contributed by atoms with Gasteiger partial charge in [0.15, 0.2) is 0 Å². The SMILES string of the molecule is CC=C(C)C(=O)OC(CCCC)CCCC. The molecule has 0 atom stereocenters. The largest absolute Gasteiger partial charge is 0.459 e. The van der Waals surface area contributed by atoms with Gasteiger partial charge < -0.3 is 4.74 Å². The number of unbranched alkanes of at least 4 members (excludes halogenated alkanes) is 2. The highest BCUT2D eigenvalue weighted by atomic mass is 16.5. The van der Waals surface area contributed by atoms with Crippen LogP contribution < -0.4 is 0 Å². The van der Waals surface area contributed by atoms with Gasteiger partial charge in [0.1, 0.15) is 6.10 Å². The molecule has 0 aliphatic rings. The van der Waals surface area contributed by atoms with E-state index in [1.54, 1.807) is 13.0 Å². The molecule has 0 saturated heterocycles. The summed E-state index contributed by atoms with van der Waals surface area (Å²) in [6.07, 6.45) is 8.50. The van der Waals surface area contributed by atoms with E-state index in [1.807, 2.05) is 6.92 Å². The van der Waals surface area contributed by atoms with Gasteiger partial charge in [-0.3, -0.25) is 0 Å². The molecule has 0 heterocycles. The Bertz CT molecular complexity index is 211. The molecule has 0 radical (unpaired) electrons. The lowest BCUT2D eigenvalue weighted by Crippen LogP contribution is -2.18. The lowest BCUT2D eigenvalue weighted by Gasteiger charge is -2.17. The molecule has 2 nitrogen and oxygen atoms in total. The number of allylic oxidation sites excluding steroid dienone is 1. The summed E-state index contributed by atoms with van der Waals surface area (Å²) in [5.74, 6) is -0.153. The molecule has 0 rings (SSSR count). The third-order valence-electron chi connectivity index (χ3n) is 2.79. The van der Waals surface area contributed by atoms with E-state index < -0.39 is 0 Å². The Labute approximate surface area is 100 Å². The minimum Gasteiger partial charge on any atom is -0.459 e. The summed E-state index contributed by atoms with van der Waals surface area (Å²) < 4.78 is 5.50. The molecule has 0 aromatic carbocycles. The van der Waals surface area contributed by atoms with Crippen LogP contribution in [0.25, 0.3) is 0 Å². The van der Waals surface area contributed by atoms with Crippen LogP contribution in [0.15, 0.2) is 11.6 Å². The first-order valence-electron chi connectivity index (χ1n) is 6.49. The summed E-state index contributed by atoms with van der Waals surface area (Å²) in [5.41, 5.74) is 0.706. The third-order valence-corrected chi connectivity index (χ3v) is 2.79. The second kappa shape index (κ2) is 9.44. The summed E-state index contributed by atoms with van der Waals surface area (Å²) in [6, 6.07) is 0. The van der Waals surface area contributed by atoms with Crippen molar-refractivity contribution in [3.8, 4) is 0 Å². The molecule has 0 spiro atoms. The number of hydrogen-bond acceptors (Lipinski definition) is 2. The van der Waals surface area contributed by atoms with Gasteiger partial charge in [-0.1, -0.05) is 45.6 Å². The summed E-state index contributed by atoms with van der Waals surface area (Å²) in [7, 11) is 0. The Kier molecular flexibility index (Phi) is 8.97. The number of carbonyl (C=O) groups excluding carboxylic acids is 1. The monoisotopic (exact) mass is 226 g/mol. The van der Waals surface area contributed by atoms with Gasteiger partial charge in [-0.15, -0.1) is 0 Å². The zero-order chi connectivity index (χ0) is 12.4. The van der Waals surface area contributed by atoms with E-state index in [0.29, 0.717) is 5.57 Å². The van der Waals surface area contributed by atoms with E-state index >= 15 is 0 Å². The Balaban J connectivity index is 4.12. The molecular weight excluding hydrogens is 200 g/mol. The highest BCUT2D eigenvalue weighted by Gasteiger charge is 2.14. The summed E-state index contributed by atoms with van der Waals surface area (Å²) in [5, 5.41) is 0. The molecule has 16 heavy (non-hydrogen) atoms. The normalized spacial score (nSPS) is 11.9. The predicted octanol–water partition coefficient (Wildman–Crippen LogP) is 4.24. The van der Waals surface area contributed by atoms with E-state index in [-0.39, 0.29) is 12.1 Å². The Hall–Kier alpha value is -0.790. The lowest BCUT2D eigenvalue weighted by molar-refractivity contribution is -0.145. The Morgan fingerprint density at radius 1 is 1.19 bits per heavy atom. The molecule has 94 valence electrons. The average molecular weight is 226 g/mol. The van der Waals surface area contributed by atoms with Crippen LogP contribution in [0, 0.1) is 0 Å². The van der Waals surface area contributed by atoms with Crippen molar-refractivity contribution < 1.29 is 9.53 Å². The maximum Gasteiger partial charge on any atom is 0.333 e. The van der Waals surface area contributed by atoms with Crippen molar-refractivity contribution >= 4 is 5.97 Å².